The number of esters is 1. The normalized spacial score (nSPS) is 48.7. The van der Waals surface area contributed by atoms with Gasteiger partial charge < -0.3 is 4.74 Å². The summed E-state index contributed by atoms with van der Waals surface area (Å²) in [6.07, 6.45) is 9.85. The molecule has 0 bridgehead atoms. The largest absolute Gasteiger partial charge is 0.462 e. The zero-order chi connectivity index (χ0) is 19.6. The van der Waals surface area contributed by atoms with Crippen molar-refractivity contribution in [2.24, 2.45) is 34.5 Å². The van der Waals surface area contributed by atoms with Crippen LogP contribution in [0.25, 0.3) is 0 Å². The first-order valence-electron chi connectivity index (χ1n) is 10.7. The highest BCUT2D eigenvalue weighted by atomic mass is 35.5. The van der Waals surface area contributed by atoms with Crippen molar-refractivity contribution in [3.63, 3.8) is 0 Å². The predicted octanol–water partition coefficient (Wildman–Crippen LogP) is 5.30. The van der Waals surface area contributed by atoms with E-state index in [1.165, 1.54) is 18.9 Å². The molecule has 27 heavy (non-hydrogen) atoms. The van der Waals surface area contributed by atoms with Gasteiger partial charge in [0.1, 0.15) is 11.9 Å². The molecular weight excluding hydrogens is 360 g/mol. The van der Waals surface area contributed by atoms with Crippen LogP contribution in [-0.4, -0.2) is 23.2 Å². The predicted molar refractivity (Wildman–Crippen MR) is 106 cm³/mol. The van der Waals surface area contributed by atoms with Gasteiger partial charge >= 0.3 is 5.97 Å². The van der Waals surface area contributed by atoms with E-state index in [2.05, 4.69) is 19.9 Å². The number of ketones is 1. The average molecular weight is 393 g/mol. The van der Waals surface area contributed by atoms with Gasteiger partial charge in [0.15, 0.2) is 0 Å². The summed E-state index contributed by atoms with van der Waals surface area (Å²) in [6.45, 7) is 8.02. The van der Waals surface area contributed by atoms with Crippen molar-refractivity contribution in [3.8, 4) is 0 Å². The van der Waals surface area contributed by atoms with Gasteiger partial charge in [0, 0.05) is 24.6 Å². The van der Waals surface area contributed by atoms with E-state index in [0.29, 0.717) is 17.8 Å². The van der Waals surface area contributed by atoms with Crippen molar-refractivity contribution in [1.29, 1.82) is 0 Å². The third-order valence-electron chi connectivity index (χ3n) is 8.82. The minimum absolute atomic E-state index is 0.00543. The molecule has 0 aromatic heterocycles. The maximum absolute atomic E-state index is 12.4. The quantitative estimate of drug-likeness (QED) is 0.363. The van der Waals surface area contributed by atoms with Crippen LogP contribution in [0.4, 0.5) is 0 Å². The third kappa shape index (κ3) is 2.91. The number of halogens is 1. The van der Waals surface area contributed by atoms with E-state index in [1.807, 2.05) is 0 Å². The molecule has 0 aromatic rings. The van der Waals surface area contributed by atoms with E-state index in [9.17, 15) is 9.59 Å². The van der Waals surface area contributed by atoms with E-state index in [-0.39, 0.29) is 40.0 Å². The molecule has 0 unspecified atom stereocenters. The Morgan fingerprint density at radius 1 is 1.15 bits per heavy atom. The van der Waals surface area contributed by atoms with Crippen LogP contribution in [0, 0.1) is 34.5 Å². The second-order valence-electron chi connectivity index (χ2n) is 10.1. The number of Topliss-reactive ketones (excluding diaryl/α,β-unsaturated/α-hetero) is 1. The molecule has 0 aromatic carbocycles. The van der Waals surface area contributed by atoms with Gasteiger partial charge in [0.2, 0.25) is 0 Å². The molecule has 4 aliphatic carbocycles. The zero-order valence-corrected chi connectivity index (χ0v) is 17.8. The summed E-state index contributed by atoms with van der Waals surface area (Å²) < 4.78 is 5.53. The molecule has 0 heterocycles. The molecular formula is C23H33ClO3. The first-order chi connectivity index (χ1) is 12.7. The maximum Gasteiger partial charge on any atom is 0.302 e. The third-order valence-corrected chi connectivity index (χ3v) is 9.25. The fourth-order valence-corrected chi connectivity index (χ4v) is 8.31. The molecule has 0 aliphatic heterocycles. The number of hydrogen-bond donors (Lipinski definition) is 0. The summed E-state index contributed by atoms with van der Waals surface area (Å²) in [5.41, 5.74) is 1.79. The standard InChI is InChI=1S/C23H33ClO3/c1-13(25)21-20(24)12-19-17-6-5-15-11-16(27-14(2)26)7-9-22(15,3)18(17)8-10-23(19,21)4/h5,16-21H,6-12H2,1-4H3/t16-,17-,18+,19+,20-,21+,22+,23+/m1/s1. The lowest BCUT2D eigenvalue weighted by Crippen LogP contribution is -2.51. The minimum atomic E-state index is -0.166. The number of fused-ring (bicyclic) bond motifs is 5. The Morgan fingerprint density at radius 2 is 1.89 bits per heavy atom. The lowest BCUT2D eigenvalue weighted by atomic mass is 9.47. The van der Waals surface area contributed by atoms with Crippen LogP contribution in [0.5, 0.6) is 0 Å². The fraction of sp³-hybridized carbons (Fsp3) is 0.826. The minimum Gasteiger partial charge on any atom is -0.462 e. The van der Waals surface area contributed by atoms with E-state index in [1.54, 1.807) is 6.92 Å². The van der Waals surface area contributed by atoms with Gasteiger partial charge in [-0.05, 0) is 74.0 Å². The lowest BCUT2D eigenvalue weighted by molar-refractivity contribution is -0.149. The Bertz CT molecular complexity index is 685. The van der Waals surface area contributed by atoms with E-state index in [4.69, 9.17) is 16.3 Å². The van der Waals surface area contributed by atoms with Crippen LogP contribution in [0.3, 0.4) is 0 Å². The number of rotatable bonds is 2. The van der Waals surface area contributed by atoms with Crippen LogP contribution >= 0.6 is 11.6 Å². The molecule has 4 aliphatic rings. The second kappa shape index (κ2) is 6.61. The van der Waals surface area contributed by atoms with E-state index in [0.717, 1.165) is 38.5 Å². The van der Waals surface area contributed by atoms with Gasteiger partial charge in [0.25, 0.3) is 0 Å². The highest BCUT2D eigenvalue weighted by Crippen LogP contribution is 2.67. The molecule has 150 valence electrons. The summed E-state index contributed by atoms with van der Waals surface area (Å²) in [5.74, 6) is 1.98. The zero-order valence-electron chi connectivity index (χ0n) is 17.1. The van der Waals surface area contributed by atoms with Crippen LogP contribution in [0.15, 0.2) is 11.6 Å². The number of hydrogen-bond acceptors (Lipinski definition) is 3. The Hall–Kier alpha value is -0.830. The van der Waals surface area contributed by atoms with Crippen LogP contribution in [-0.2, 0) is 14.3 Å². The average Bonchev–Trinajstić information content (AvgIpc) is 2.85. The Labute approximate surface area is 168 Å². The summed E-state index contributed by atoms with van der Waals surface area (Å²) in [5, 5.41) is -0.00543. The van der Waals surface area contributed by atoms with Gasteiger partial charge in [-0.15, -0.1) is 11.6 Å². The Balaban J connectivity index is 1.61. The van der Waals surface area contributed by atoms with Crippen LogP contribution in [0.1, 0.15) is 72.6 Å². The Kier molecular flexibility index (Phi) is 4.77. The first-order valence-corrected chi connectivity index (χ1v) is 11.1. The molecule has 3 saturated carbocycles. The van der Waals surface area contributed by atoms with E-state index < -0.39 is 0 Å². The van der Waals surface area contributed by atoms with Crippen LogP contribution < -0.4 is 0 Å². The van der Waals surface area contributed by atoms with E-state index >= 15 is 0 Å². The lowest BCUT2D eigenvalue weighted by Gasteiger charge is -2.57. The van der Waals surface area contributed by atoms with Crippen molar-refractivity contribution >= 4 is 23.4 Å². The SMILES string of the molecule is CC(=O)O[C@@H]1CC[C@@]2(C)C(=CC[C@H]3[C@@H]4C[C@@H](Cl)[C@H](C(C)=O)[C@@]4(C)CC[C@@H]32)C1. The van der Waals surface area contributed by atoms with Gasteiger partial charge in [-0.25, -0.2) is 0 Å². The second-order valence-corrected chi connectivity index (χ2v) is 10.7. The molecule has 8 atom stereocenters. The molecule has 4 rings (SSSR count). The van der Waals surface area contributed by atoms with Crippen LogP contribution in [0.2, 0.25) is 0 Å². The summed E-state index contributed by atoms with van der Waals surface area (Å²) in [6, 6.07) is 0. The van der Waals surface area contributed by atoms with Crippen molar-refractivity contribution in [3.05, 3.63) is 11.6 Å². The van der Waals surface area contributed by atoms with Gasteiger partial charge in [-0.2, -0.15) is 0 Å². The molecule has 0 N–H and O–H groups in total. The number of ether oxygens (including phenoxy) is 1. The molecule has 3 fully saturated rings. The number of allylic oxidation sites excluding steroid dienone is 1. The first kappa shape index (κ1) is 19.5. The van der Waals surface area contributed by atoms with Gasteiger partial charge in [-0.1, -0.05) is 25.5 Å². The molecule has 0 saturated heterocycles. The number of carbonyl (C=O) groups excluding carboxylic acids is 2. The molecule has 0 amide bonds. The number of alkyl halides is 1. The van der Waals surface area contributed by atoms with Gasteiger partial charge in [0.05, 0.1) is 0 Å². The maximum atomic E-state index is 12.4. The molecule has 4 heteroatoms. The highest BCUT2D eigenvalue weighted by molar-refractivity contribution is 6.22. The highest BCUT2D eigenvalue weighted by Gasteiger charge is 2.61. The topological polar surface area (TPSA) is 43.4 Å². The monoisotopic (exact) mass is 392 g/mol. The summed E-state index contributed by atoms with van der Waals surface area (Å²) in [7, 11) is 0. The fourth-order valence-electron chi connectivity index (χ4n) is 7.65. The Morgan fingerprint density at radius 3 is 2.56 bits per heavy atom. The van der Waals surface area contributed by atoms with Crippen molar-refractivity contribution in [2.75, 3.05) is 0 Å². The van der Waals surface area contributed by atoms with Crippen molar-refractivity contribution in [1.82, 2.24) is 0 Å². The molecule has 0 radical (unpaired) electrons. The van der Waals surface area contributed by atoms with Crippen molar-refractivity contribution < 1.29 is 14.3 Å². The molecule has 3 nitrogen and oxygen atoms in total. The van der Waals surface area contributed by atoms with Gasteiger partial charge in [-0.3, -0.25) is 9.59 Å². The van der Waals surface area contributed by atoms with Crippen molar-refractivity contribution in [2.45, 2.75) is 84.1 Å². The summed E-state index contributed by atoms with van der Waals surface area (Å²) >= 11 is 6.72. The smallest absolute Gasteiger partial charge is 0.302 e. The number of carbonyl (C=O) groups is 2. The molecule has 0 spiro atoms. The summed E-state index contributed by atoms with van der Waals surface area (Å²) in [4.78, 5) is 23.7.